The fraction of sp³-hybridized carbons (Fsp3) is 0.214. The number of rotatable bonds is 6. The first-order chi connectivity index (χ1) is 17.2. The van der Waals surface area contributed by atoms with Crippen LogP contribution in [-0.4, -0.2) is 39.3 Å². The Bertz CT molecular complexity index is 1290. The molecule has 176 valence electrons. The number of pyridine rings is 1. The summed E-state index contributed by atoms with van der Waals surface area (Å²) in [5.74, 6) is -0.409. The molecule has 0 spiro atoms. The molecule has 0 radical (unpaired) electrons. The maximum Gasteiger partial charge on any atom is 0.273 e. The van der Waals surface area contributed by atoms with Crippen LogP contribution < -0.4 is 5.32 Å². The Morgan fingerprint density at radius 3 is 2.43 bits per heavy atom. The fourth-order valence-electron chi connectivity index (χ4n) is 4.40. The smallest absolute Gasteiger partial charge is 0.273 e. The van der Waals surface area contributed by atoms with Crippen molar-refractivity contribution in [3.63, 3.8) is 0 Å². The van der Waals surface area contributed by atoms with Crippen molar-refractivity contribution in [2.24, 2.45) is 0 Å². The summed E-state index contributed by atoms with van der Waals surface area (Å²) >= 11 is 1.49. The average Bonchev–Trinajstić information content (AvgIpc) is 3.31. The third kappa shape index (κ3) is 5.30. The molecule has 0 saturated carbocycles. The second kappa shape index (κ2) is 10.6. The summed E-state index contributed by atoms with van der Waals surface area (Å²) in [5.41, 5.74) is 3.43. The Labute approximate surface area is 208 Å². The molecule has 1 atom stereocenters. The van der Waals surface area contributed by atoms with E-state index in [-0.39, 0.29) is 11.8 Å². The molecule has 2 aromatic carbocycles. The molecule has 0 bridgehead atoms. The maximum atomic E-state index is 13.4. The number of carbonyl (C=O) groups is 2. The molecule has 1 unspecified atom stereocenters. The Balaban J connectivity index is 1.39. The van der Waals surface area contributed by atoms with Crippen LogP contribution in [0.25, 0.3) is 11.3 Å². The van der Waals surface area contributed by atoms with E-state index in [2.05, 4.69) is 22.4 Å². The molecule has 0 aliphatic carbocycles. The van der Waals surface area contributed by atoms with Crippen molar-refractivity contribution >= 4 is 28.3 Å². The second-order valence-corrected chi connectivity index (χ2v) is 9.62. The Morgan fingerprint density at radius 1 is 0.943 bits per heavy atom. The Morgan fingerprint density at radius 2 is 1.69 bits per heavy atom. The number of likely N-dealkylation sites (tertiary alicyclic amines) is 1. The van der Waals surface area contributed by atoms with E-state index in [4.69, 9.17) is 4.98 Å². The molecule has 1 fully saturated rings. The van der Waals surface area contributed by atoms with Crippen LogP contribution in [0.5, 0.6) is 0 Å². The van der Waals surface area contributed by atoms with E-state index in [1.54, 1.807) is 29.3 Å². The zero-order chi connectivity index (χ0) is 24.0. The zero-order valence-corrected chi connectivity index (χ0v) is 20.1. The van der Waals surface area contributed by atoms with Gasteiger partial charge in [0, 0.05) is 29.6 Å². The number of aromatic nitrogens is 2. The van der Waals surface area contributed by atoms with Crippen LogP contribution in [0.15, 0.2) is 85.1 Å². The second-order valence-electron chi connectivity index (χ2n) is 8.53. The lowest BCUT2D eigenvalue weighted by Gasteiger charge is -2.34. The van der Waals surface area contributed by atoms with Crippen LogP contribution in [0.3, 0.4) is 0 Å². The third-order valence-corrected chi connectivity index (χ3v) is 7.10. The van der Waals surface area contributed by atoms with Gasteiger partial charge in [0.1, 0.15) is 11.7 Å². The van der Waals surface area contributed by atoms with Crippen LogP contribution in [0, 0.1) is 0 Å². The van der Waals surface area contributed by atoms with Crippen molar-refractivity contribution in [2.75, 3.05) is 11.9 Å². The van der Waals surface area contributed by atoms with E-state index in [9.17, 15) is 9.59 Å². The lowest BCUT2D eigenvalue weighted by Crippen LogP contribution is -2.50. The summed E-state index contributed by atoms with van der Waals surface area (Å²) < 4.78 is 0. The number of nitrogens with one attached hydrogen (secondary N) is 1. The predicted molar refractivity (Wildman–Crippen MR) is 138 cm³/mol. The number of anilines is 1. The summed E-state index contributed by atoms with van der Waals surface area (Å²) in [4.78, 5) is 38.2. The molecule has 1 N–H and O–H groups in total. The summed E-state index contributed by atoms with van der Waals surface area (Å²) in [6.45, 7) is 0.542. The normalized spacial score (nSPS) is 15.5. The van der Waals surface area contributed by atoms with Crippen LogP contribution >= 0.6 is 11.3 Å². The van der Waals surface area contributed by atoms with E-state index >= 15 is 0 Å². The average molecular weight is 483 g/mol. The van der Waals surface area contributed by atoms with Gasteiger partial charge >= 0.3 is 0 Å². The number of thiazole rings is 1. The van der Waals surface area contributed by atoms with Crippen LogP contribution in [0.4, 0.5) is 5.13 Å². The minimum atomic E-state index is -0.542. The first-order valence-electron chi connectivity index (χ1n) is 11.8. The van der Waals surface area contributed by atoms with Gasteiger partial charge in [0.25, 0.3) is 5.91 Å². The van der Waals surface area contributed by atoms with Crippen molar-refractivity contribution in [1.29, 1.82) is 0 Å². The van der Waals surface area contributed by atoms with Crippen molar-refractivity contribution in [3.05, 3.63) is 101 Å². The fourth-order valence-corrected chi connectivity index (χ4v) is 5.42. The molecule has 1 saturated heterocycles. The molecular formula is C28H26N4O2S. The van der Waals surface area contributed by atoms with Gasteiger partial charge in [-0.3, -0.25) is 14.6 Å². The molecule has 3 heterocycles. The lowest BCUT2D eigenvalue weighted by molar-refractivity contribution is -0.121. The molecule has 2 amide bonds. The molecule has 5 rings (SSSR count). The third-order valence-electron chi connectivity index (χ3n) is 6.13. The number of carbonyl (C=O) groups excluding carboxylic acids is 2. The summed E-state index contributed by atoms with van der Waals surface area (Å²) in [5, 5.41) is 3.57. The predicted octanol–water partition coefficient (Wildman–Crippen LogP) is 5.43. The van der Waals surface area contributed by atoms with E-state index in [1.807, 2.05) is 48.5 Å². The van der Waals surface area contributed by atoms with Gasteiger partial charge in [-0.2, -0.15) is 0 Å². The minimum Gasteiger partial charge on any atom is -0.325 e. The van der Waals surface area contributed by atoms with Gasteiger partial charge in [-0.05, 0) is 37.0 Å². The monoisotopic (exact) mass is 482 g/mol. The SMILES string of the molecule is O=C(Nc1nc(-c2ccccc2)c(Cc2ccccc2)s1)C1CCCCN1C(=O)c1ccccn1. The molecule has 4 aromatic rings. The number of nitrogens with zero attached hydrogens (tertiary/aromatic N) is 3. The van der Waals surface area contributed by atoms with Crippen molar-refractivity contribution in [1.82, 2.24) is 14.9 Å². The molecule has 35 heavy (non-hydrogen) atoms. The molecule has 2 aromatic heterocycles. The maximum absolute atomic E-state index is 13.4. The van der Waals surface area contributed by atoms with Gasteiger partial charge < -0.3 is 10.2 Å². The van der Waals surface area contributed by atoms with Crippen LogP contribution in [0.1, 0.15) is 40.2 Å². The highest BCUT2D eigenvalue weighted by atomic mass is 32.1. The van der Waals surface area contributed by atoms with Crippen molar-refractivity contribution in [2.45, 2.75) is 31.7 Å². The number of hydrogen-bond donors (Lipinski definition) is 1. The molecule has 7 heteroatoms. The first-order valence-corrected chi connectivity index (χ1v) is 12.6. The number of benzene rings is 2. The van der Waals surface area contributed by atoms with Gasteiger partial charge in [0.05, 0.1) is 5.69 Å². The largest absolute Gasteiger partial charge is 0.325 e. The topological polar surface area (TPSA) is 75.2 Å². The summed E-state index contributed by atoms with van der Waals surface area (Å²) in [7, 11) is 0. The first kappa shape index (κ1) is 22.9. The molecular weight excluding hydrogens is 456 g/mol. The quantitative estimate of drug-likeness (QED) is 0.398. The van der Waals surface area contributed by atoms with E-state index in [0.29, 0.717) is 23.8 Å². The lowest BCUT2D eigenvalue weighted by atomic mass is 10.0. The van der Waals surface area contributed by atoms with E-state index in [0.717, 1.165) is 35.4 Å². The molecule has 1 aliphatic heterocycles. The highest BCUT2D eigenvalue weighted by Gasteiger charge is 2.33. The summed E-state index contributed by atoms with van der Waals surface area (Å²) in [6, 6.07) is 25.0. The van der Waals surface area contributed by atoms with Crippen LogP contribution in [-0.2, 0) is 11.2 Å². The zero-order valence-electron chi connectivity index (χ0n) is 19.3. The van der Waals surface area contributed by atoms with Gasteiger partial charge in [-0.15, -0.1) is 11.3 Å². The Kier molecular flexibility index (Phi) is 6.95. The van der Waals surface area contributed by atoms with Crippen molar-refractivity contribution in [3.8, 4) is 11.3 Å². The van der Waals surface area contributed by atoms with E-state index < -0.39 is 6.04 Å². The van der Waals surface area contributed by atoms with Gasteiger partial charge in [-0.25, -0.2) is 4.98 Å². The van der Waals surface area contributed by atoms with Gasteiger partial charge in [0.15, 0.2) is 5.13 Å². The van der Waals surface area contributed by atoms with Gasteiger partial charge in [-0.1, -0.05) is 66.7 Å². The molecule has 1 aliphatic rings. The highest BCUT2D eigenvalue weighted by molar-refractivity contribution is 7.16. The van der Waals surface area contributed by atoms with Crippen molar-refractivity contribution < 1.29 is 9.59 Å². The minimum absolute atomic E-state index is 0.200. The number of hydrogen-bond acceptors (Lipinski definition) is 5. The van der Waals surface area contributed by atoms with Gasteiger partial charge in [0.2, 0.25) is 5.91 Å². The highest BCUT2D eigenvalue weighted by Crippen LogP contribution is 2.33. The van der Waals surface area contributed by atoms with Crippen LogP contribution in [0.2, 0.25) is 0 Å². The Hall–Kier alpha value is -3.84. The summed E-state index contributed by atoms with van der Waals surface area (Å²) in [6.07, 6.45) is 4.72. The number of amides is 2. The standard InChI is InChI=1S/C28H26N4O2S/c33-26(23-16-8-10-18-32(23)27(34)22-15-7-9-17-29-22)31-28-30-25(21-13-5-2-6-14-21)24(35-28)19-20-11-3-1-4-12-20/h1-7,9,11-15,17,23H,8,10,16,18-19H2,(H,30,31,33). The molecule has 6 nitrogen and oxygen atoms in total. The van der Waals surface area contributed by atoms with E-state index in [1.165, 1.54) is 16.9 Å². The number of piperidine rings is 1.